The van der Waals surface area contributed by atoms with E-state index in [4.69, 9.17) is 16.3 Å². The highest BCUT2D eigenvalue weighted by atomic mass is 35.5. The minimum atomic E-state index is -3.94. The van der Waals surface area contributed by atoms with Gasteiger partial charge in [-0.25, -0.2) is 13.1 Å². The standard InChI is InChI=1S/C35H45ClN2O5S/c1-3-4-10-33-23(2)7-5-9-31(39)28-14-11-26(28)20-38-21-35(17-6-8-24-18-27(36)13-15-29(24)35)22-43-32-16-12-25(19-30(32)38)34(40)37-44(33,41)42/h5,9,12-13,15-16,18-19,23,26,28,31,33,39H,3-4,6-8,10-11,14,17,20-22H2,1-2H3,(H,37,40)/b9-5+/t23-,26-,28+,31-,33-,35-/m0/s1. The van der Waals surface area contributed by atoms with Crippen LogP contribution in [-0.4, -0.2) is 50.5 Å². The Balaban J connectivity index is 1.41. The molecule has 1 spiro atoms. The van der Waals surface area contributed by atoms with E-state index in [0.717, 1.165) is 62.2 Å². The van der Waals surface area contributed by atoms with E-state index in [0.29, 0.717) is 37.3 Å². The number of unbranched alkanes of at least 4 members (excludes halogenated alkanes) is 1. The molecule has 238 valence electrons. The van der Waals surface area contributed by atoms with Gasteiger partial charge < -0.3 is 14.7 Å². The van der Waals surface area contributed by atoms with Crippen molar-refractivity contribution in [3.63, 3.8) is 0 Å². The number of aliphatic hydroxyl groups is 1. The van der Waals surface area contributed by atoms with Crippen LogP contribution in [-0.2, 0) is 21.9 Å². The van der Waals surface area contributed by atoms with Gasteiger partial charge in [-0.05, 0) is 104 Å². The zero-order valence-electron chi connectivity index (χ0n) is 25.8. The number of sulfonamides is 1. The summed E-state index contributed by atoms with van der Waals surface area (Å²) in [5, 5.41) is 11.3. The number of halogens is 1. The van der Waals surface area contributed by atoms with Gasteiger partial charge in [0.2, 0.25) is 10.0 Å². The molecule has 44 heavy (non-hydrogen) atoms. The SMILES string of the molecule is CCCC[C@H]1[C@@H](C)C/C=C/[C@H](O)[C@@H]2CC[C@H]2CN2C[C@@]3(CCCc4cc(Cl)ccc43)COc3ccc(cc32)C(=O)NS1(=O)=O. The number of aryl methyl sites for hydroxylation is 1. The highest BCUT2D eigenvalue weighted by Gasteiger charge is 2.44. The maximum atomic E-state index is 13.6. The van der Waals surface area contributed by atoms with Crippen LogP contribution in [0.25, 0.3) is 0 Å². The Morgan fingerprint density at radius 3 is 2.80 bits per heavy atom. The molecule has 6 atom stereocenters. The van der Waals surface area contributed by atoms with Crippen molar-refractivity contribution in [1.29, 1.82) is 0 Å². The predicted molar refractivity (Wildman–Crippen MR) is 175 cm³/mol. The second-order valence-electron chi connectivity index (χ2n) is 13.6. The summed E-state index contributed by atoms with van der Waals surface area (Å²) in [6.45, 7) is 5.87. The van der Waals surface area contributed by atoms with Gasteiger partial charge in [-0.2, -0.15) is 0 Å². The molecule has 0 saturated heterocycles. The molecule has 2 aromatic rings. The third-order valence-corrected chi connectivity index (χ3v) is 12.8. The van der Waals surface area contributed by atoms with Crippen LogP contribution >= 0.6 is 11.6 Å². The largest absolute Gasteiger partial charge is 0.490 e. The van der Waals surface area contributed by atoms with E-state index in [-0.39, 0.29) is 23.2 Å². The highest BCUT2D eigenvalue weighted by Crippen LogP contribution is 2.46. The molecule has 7 nitrogen and oxygen atoms in total. The normalized spacial score (nSPS) is 32.3. The molecule has 9 heteroatoms. The lowest BCUT2D eigenvalue weighted by Crippen LogP contribution is -2.49. The van der Waals surface area contributed by atoms with Gasteiger partial charge in [0.25, 0.3) is 5.91 Å². The molecule has 0 unspecified atom stereocenters. The van der Waals surface area contributed by atoms with Crippen LogP contribution in [0, 0.1) is 17.8 Å². The number of amides is 1. The van der Waals surface area contributed by atoms with Gasteiger partial charge in [0.15, 0.2) is 0 Å². The molecule has 2 aromatic carbocycles. The molecule has 2 bridgehead atoms. The summed E-state index contributed by atoms with van der Waals surface area (Å²) in [5.74, 6) is 0.278. The molecular formula is C35H45ClN2O5S. The fraction of sp³-hybridized carbons (Fsp3) is 0.571. The number of rotatable bonds is 3. The number of allylic oxidation sites excluding steroid dienone is 1. The van der Waals surface area contributed by atoms with E-state index in [1.165, 1.54) is 11.1 Å². The van der Waals surface area contributed by atoms with Crippen molar-refractivity contribution in [2.24, 2.45) is 17.8 Å². The molecule has 1 fully saturated rings. The van der Waals surface area contributed by atoms with Crippen molar-refractivity contribution in [2.45, 2.75) is 88.4 Å². The first-order valence-electron chi connectivity index (χ1n) is 16.3. The predicted octanol–water partition coefficient (Wildman–Crippen LogP) is 6.41. The fourth-order valence-electron chi connectivity index (χ4n) is 7.95. The number of carbonyl (C=O) groups is 1. The number of fused-ring (bicyclic) bond motifs is 4. The monoisotopic (exact) mass is 640 g/mol. The van der Waals surface area contributed by atoms with Crippen LogP contribution in [0.2, 0.25) is 5.02 Å². The molecule has 2 aliphatic heterocycles. The molecule has 4 aliphatic rings. The maximum Gasteiger partial charge on any atom is 0.264 e. The average molecular weight is 641 g/mol. The van der Waals surface area contributed by atoms with Gasteiger partial charge in [-0.1, -0.05) is 56.5 Å². The summed E-state index contributed by atoms with van der Waals surface area (Å²) in [6, 6.07) is 11.5. The van der Waals surface area contributed by atoms with Crippen LogP contribution in [0.15, 0.2) is 48.6 Å². The first-order chi connectivity index (χ1) is 21.1. The van der Waals surface area contributed by atoms with Gasteiger partial charge in [0.1, 0.15) is 5.75 Å². The van der Waals surface area contributed by atoms with Gasteiger partial charge >= 0.3 is 0 Å². The minimum absolute atomic E-state index is 0.126. The number of anilines is 1. The topological polar surface area (TPSA) is 95.9 Å². The van der Waals surface area contributed by atoms with Crippen molar-refractivity contribution in [3.05, 3.63) is 70.3 Å². The van der Waals surface area contributed by atoms with Crippen molar-refractivity contribution >= 4 is 33.2 Å². The molecule has 1 saturated carbocycles. The first-order valence-corrected chi connectivity index (χ1v) is 18.2. The van der Waals surface area contributed by atoms with Crippen LogP contribution < -0.4 is 14.4 Å². The van der Waals surface area contributed by atoms with E-state index in [1.807, 2.05) is 38.1 Å². The Hall–Kier alpha value is -2.55. The molecule has 6 rings (SSSR count). The first kappa shape index (κ1) is 31.4. The molecule has 0 aromatic heterocycles. The van der Waals surface area contributed by atoms with Crippen molar-refractivity contribution in [3.8, 4) is 5.75 Å². The number of benzene rings is 2. The maximum absolute atomic E-state index is 13.6. The Kier molecular flexibility index (Phi) is 9.06. The summed E-state index contributed by atoms with van der Waals surface area (Å²) in [7, 11) is -3.94. The van der Waals surface area contributed by atoms with Gasteiger partial charge in [0, 0.05) is 29.1 Å². The molecule has 0 radical (unpaired) electrons. The lowest BCUT2D eigenvalue weighted by Gasteiger charge is -2.45. The summed E-state index contributed by atoms with van der Waals surface area (Å²) in [6.07, 6.45) is 10.8. The lowest BCUT2D eigenvalue weighted by molar-refractivity contribution is 0.0455. The Morgan fingerprint density at radius 2 is 2.02 bits per heavy atom. The molecule has 2 aliphatic carbocycles. The number of nitrogens with one attached hydrogen (secondary N) is 1. The molecule has 1 amide bonds. The van der Waals surface area contributed by atoms with Crippen LogP contribution in [0.1, 0.15) is 86.7 Å². The van der Waals surface area contributed by atoms with Gasteiger partial charge in [-0.3, -0.25) is 4.79 Å². The van der Waals surface area contributed by atoms with Crippen LogP contribution in [0.5, 0.6) is 5.75 Å². The molecular weight excluding hydrogens is 596 g/mol. The third-order valence-electron chi connectivity index (χ3n) is 10.6. The second kappa shape index (κ2) is 12.7. The Bertz CT molecular complexity index is 1530. The second-order valence-corrected chi connectivity index (χ2v) is 15.9. The van der Waals surface area contributed by atoms with Crippen molar-refractivity contribution in [1.82, 2.24) is 4.72 Å². The quantitative estimate of drug-likeness (QED) is 0.376. The van der Waals surface area contributed by atoms with Crippen LogP contribution in [0.3, 0.4) is 0 Å². The summed E-state index contributed by atoms with van der Waals surface area (Å²) >= 11 is 6.40. The van der Waals surface area contributed by atoms with E-state index < -0.39 is 27.3 Å². The number of hydrogen-bond acceptors (Lipinski definition) is 6. The number of hydrogen-bond donors (Lipinski definition) is 2. The number of carbonyl (C=O) groups excluding carboxylic acids is 1. The summed E-state index contributed by atoms with van der Waals surface area (Å²) in [4.78, 5) is 15.9. The fourth-order valence-corrected chi connectivity index (χ4v) is 9.87. The van der Waals surface area contributed by atoms with Gasteiger partial charge in [-0.15, -0.1) is 0 Å². The number of aliphatic hydroxyl groups excluding tert-OH is 1. The Morgan fingerprint density at radius 1 is 1.18 bits per heavy atom. The molecule has 2 heterocycles. The summed E-state index contributed by atoms with van der Waals surface area (Å²) < 4.78 is 36.2. The van der Waals surface area contributed by atoms with Crippen molar-refractivity contribution < 1.29 is 23.1 Å². The molecule has 2 N–H and O–H groups in total. The smallest absolute Gasteiger partial charge is 0.264 e. The lowest BCUT2D eigenvalue weighted by atomic mass is 9.68. The summed E-state index contributed by atoms with van der Waals surface area (Å²) in [5.41, 5.74) is 3.35. The zero-order valence-corrected chi connectivity index (χ0v) is 27.4. The van der Waals surface area contributed by atoms with Crippen LogP contribution in [0.4, 0.5) is 5.69 Å². The number of ether oxygens (including phenoxy) is 1. The minimum Gasteiger partial charge on any atom is -0.490 e. The average Bonchev–Trinajstić information content (AvgIpc) is 3.11. The van der Waals surface area contributed by atoms with E-state index >= 15 is 0 Å². The highest BCUT2D eigenvalue weighted by molar-refractivity contribution is 7.90. The van der Waals surface area contributed by atoms with Gasteiger partial charge in [0.05, 0.1) is 23.6 Å². The van der Waals surface area contributed by atoms with Crippen molar-refractivity contribution in [2.75, 3.05) is 24.6 Å². The van der Waals surface area contributed by atoms with E-state index in [1.54, 1.807) is 12.1 Å². The Labute approximate surface area is 267 Å². The van der Waals surface area contributed by atoms with E-state index in [9.17, 15) is 18.3 Å². The van der Waals surface area contributed by atoms with E-state index in [2.05, 4.69) is 21.8 Å². The zero-order chi connectivity index (χ0) is 31.1. The third kappa shape index (κ3) is 6.14. The number of nitrogens with zero attached hydrogens (tertiary/aromatic N) is 1.